The van der Waals surface area contributed by atoms with Gasteiger partial charge in [-0.2, -0.15) is 0 Å². The molecule has 2 heterocycles. The van der Waals surface area contributed by atoms with Crippen molar-refractivity contribution in [2.45, 2.75) is 51.3 Å². The maximum Gasteiger partial charge on any atom is 0.115 e. The van der Waals surface area contributed by atoms with E-state index < -0.39 is 0 Å². The molecule has 0 aromatic rings. The molecule has 0 N–H and O–H groups in total. The molecular weight excluding hydrogens is 196 g/mol. The molecule has 0 radical (unpaired) electrons. The molecule has 0 aromatic carbocycles. The lowest BCUT2D eigenvalue weighted by atomic mass is 10.1. The van der Waals surface area contributed by atoms with Crippen molar-refractivity contribution in [2.24, 2.45) is 0 Å². The third-order valence-corrected chi connectivity index (χ3v) is 2.79. The van der Waals surface area contributed by atoms with Crippen LogP contribution in [0.3, 0.4) is 0 Å². The highest BCUT2D eigenvalue weighted by Crippen LogP contribution is 2.30. The summed E-state index contributed by atoms with van der Waals surface area (Å²) in [4.78, 5) is 0. The molecule has 0 saturated carbocycles. The van der Waals surface area contributed by atoms with Crippen molar-refractivity contribution >= 4 is 0 Å². The van der Waals surface area contributed by atoms with Gasteiger partial charge in [0.25, 0.3) is 0 Å². The van der Waals surface area contributed by atoms with E-state index in [4.69, 9.17) is 18.9 Å². The third-order valence-electron chi connectivity index (χ3n) is 2.79. The van der Waals surface area contributed by atoms with Crippen LogP contribution in [-0.2, 0) is 18.9 Å². The summed E-state index contributed by atoms with van der Waals surface area (Å²) in [5.41, 5.74) is 0. The molecule has 4 heteroatoms. The summed E-state index contributed by atoms with van der Waals surface area (Å²) in [5, 5.41) is 0. The Kier molecular flexibility index (Phi) is 3.61. The Bertz CT molecular complexity index is 207. The van der Waals surface area contributed by atoms with Crippen molar-refractivity contribution in [1.82, 2.24) is 0 Å². The van der Waals surface area contributed by atoms with Gasteiger partial charge in [0.05, 0.1) is 19.3 Å². The zero-order valence-corrected chi connectivity index (χ0v) is 9.64. The number of rotatable bonds is 4. The predicted octanol–water partition coefficient (Wildman–Crippen LogP) is 0.983. The zero-order chi connectivity index (χ0) is 10.8. The van der Waals surface area contributed by atoms with E-state index in [-0.39, 0.29) is 30.5 Å². The molecule has 2 saturated heterocycles. The summed E-state index contributed by atoms with van der Waals surface area (Å²) in [6, 6.07) is 0. The lowest BCUT2D eigenvalue weighted by molar-refractivity contribution is -0.0657. The van der Waals surface area contributed by atoms with Crippen LogP contribution in [0.15, 0.2) is 0 Å². The Morgan fingerprint density at radius 1 is 1.13 bits per heavy atom. The van der Waals surface area contributed by atoms with Gasteiger partial charge in [0.1, 0.15) is 24.4 Å². The summed E-state index contributed by atoms with van der Waals surface area (Å²) >= 11 is 0. The number of hydrogen-bond acceptors (Lipinski definition) is 4. The molecule has 4 atom stereocenters. The summed E-state index contributed by atoms with van der Waals surface area (Å²) < 4.78 is 22.7. The second-order valence-electron chi connectivity index (χ2n) is 4.31. The maximum atomic E-state index is 5.75. The normalized spacial score (nSPS) is 40.0. The number of ether oxygens (including phenoxy) is 4. The average molecular weight is 216 g/mol. The molecule has 4 nitrogen and oxygen atoms in total. The first-order valence-electron chi connectivity index (χ1n) is 5.72. The first-order chi connectivity index (χ1) is 7.22. The van der Waals surface area contributed by atoms with Crippen LogP contribution in [0.2, 0.25) is 0 Å². The highest BCUT2D eigenvalue weighted by molar-refractivity contribution is 4.95. The van der Waals surface area contributed by atoms with Gasteiger partial charge in [-0.25, -0.2) is 0 Å². The van der Waals surface area contributed by atoms with Gasteiger partial charge in [0.15, 0.2) is 0 Å². The minimum absolute atomic E-state index is 0.0592. The van der Waals surface area contributed by atoms with E-state index in [2.05, 4.69) is 0 Å². The molecule has 0 aliphatic carbocycles. The van der Waals surface area contributed by atoms with E-state index in [1.165, 1.54) is 0 Å². The Labute approximate surface area is 90.8 Å². The van der Waals surface area contributed by atoms with Crippen molar-refractivity contribution < 1.29 is 18.9 Å². The first kappa shape index (κ1) is 11.3. The van der Waals surface area contributed by atoms with Crippen LogP contribution >= 0.6 is 0 Å². The largest absolute Gasteiger partial charge is 0.373 e. The zero-order valence-electron chi connectivity index (χ0n) is 9.64. The number of fused-ring (bicyclic) bond motifs is 1. The minimum Gasteiger partial charge on any atom is -0.373 e. The SMILES string of the molecule is CCO[C@H]1CO[C@H]2[C@@H]1OC[C@@H]2OC(C)C. The van der Waals surface area contributed by atoms with Crippen molar-refractivity contribution in [3.05, 3.63) is 0 Å². The Balaban J connectivity index is 1.90. The van der Waals surface area contributed by atoms with Gasteiger partial charge in [-0.3, -0.25) is 0 Å². The summed E-state index contributed by atoms with van der Waals surface area (Å²) in [6.45, 7) is 8.00. The maximum absolute atomic E-state index is 5.75. The highest BCUT2D eigenvalue weighted by atomic mass is 16.6. The second-order valence-corrected chi connectivity index (χ2v) is 4.31. The topological polar surface area (TPSA) is 36.9 Å². The van der Waals surface area contributed by atoms with Crippen molar-refractivity contribution in [3.8, 4) is 0 Å². The summed E-state index contributed by atoms with van der Waals surface area (Å²) in [6.07, 6.45) is 0.492. The smallest absolute Gasteiger partial charge is 0.115 e. The van der Waals surface area contributed by atoms with E-state index in [1.54, 1.807) is 0 Å². The van der Waals surface area contributed by atoms with Crippen LogP contribution in [0.5, 0.6) is 0 Å². The molecule has 0 bridgehead atoms. The molecule has 0 unspecified atom stereocenters. The van der Waals surface area contributed by atoms with E-state index in [0.717, 1.165) is 0 Å². The Morgan fingerprint density at radius 2 is 1.73 bits per heavy atom. The molecule has 2 aliphatic heterocycles. The lowest BCUT2D eigenvalue weighted by Gasteiger charge is -2.19. The second kappa shape index (κ2) is 4.78. The molecule has 2 rings (SSSR count). The molecule has 0 amide bonds. The molecule has 0 spiro atoms. The molecule has 88 valence electrons. The lowest BCUT2D eigenvalue weighted by Crippen LogP contribution is -2.35. The third kappa shape index (κ3) is 2.33. The fraction of sp³-hybridized carbons (Fsp3) is 1.00. The molecular formula is C11H20O4. The fourth-order valence-corrected chi connectivity index (χ4v) is 2.25. The molecule has 15 heavy (non-hydrogen) atoms. The van der Waals surface area contributed by atoms with Crippen LogP contribution in [-0.4, -0.2) is 50.3 Å². The molecule has 2 fully saturated rings. The molecule has 0 aromatic heterocycles. The monoisotopic (exact) mass is 216 g/mol. The van der Waals surface area contributed by atoms with Crippen molar-refractivity contribution in [3.63, 3.8) is 0 Å². The van der Waals surface area contributed by atoms with Crippen LogP contribution in [0.1, 0.15) is 20.8 Å². The van der Waals surface area contributed by atoms with Crippen LogP contribution in [0, 0.1) is 0 Å². The van der Waals surface area contributed by atoms with E-state index in [9.17, 15) is 0 Å². The van der Waals surface area contributed by atoms with Crippen molar-refractivity contribution in [2.75, 3.05) is 19.8 Å². The van der Waals surface area contributed by atoms with Crippen LogP contribution < -0.4 is 0 Å². The Morgan fingerprint density at radius 3 is 2.33 bits per heavy atom. The first-order valence-corrected chi connectivity index (χ1v) is 5.72. The van der Waals surface area contributed by atoms with Gasteiger partial charge in [0, 0.05) is 6.61 Å². The predicted molar refractivity (Wildman–Crippen MR) is 54.9 cm³/mol. The van der Waals surface area contributed by atoms with Gasteiger partial charge < -0.3 is 18.9 Å². The van der Waals surface area contributed by atoms with Crippen molar-refractivity contribution in [1.29, 1.82) is 0 Å². The minimum atomic E-state index is 0.0592. The average Bonchev–Trinajstić information content (AvgIpc) is 2.71. The van der Waals surface area contributed by atoms with Gasteiger partial charge >= 0.3 is 0 Å². The summed E-state index contributed by atoms with van der Waals surface area (Å²) in [5.74, 6) is 0. The van der Waals surface area contributed by atoms with E-state index in [1.807, 2.05) is 20.8 Å². The van der Waals surface area contributed by atoms with E-state index >= 15 is 0 Å². The quantitative estimate of drug-likeness (QED) is 0.702. The fourth-order valence-electron chi connectivity index (χ4n) is 2.25. The van der Waals surface area contributed by atoms with Gasteiger partial charge in [0.2, 0.25) is 0 Å². The van der Waals surface area contributed by atoms with E-state index in [0.29, 0.717) is 19.8 Å². The molecule has 2 aliphatic rings. The standard InChI is InChI=1S/C11H20O4/c1-4-12-8-5-13-11-9(15-7(2)3)6-14-10(8)11/h7-11H,4-6H2,1-3H3/t8-,9-,10+,11+/m0/s1. The summed E-state index contributed by atoms with van der Waals surface area (Å²) in [7, 11) is 0. The highest BCUT2D eigenvalue weighted by Gasteiger charge is 2.48. The van der Waals surface area contributed by atoms with Crippen LogP contribution in [0.4, 0.5) is 0 Å². The van der Waals surface area contributed by atoms with Gasteiger partial charge in [-0.15, -0.1) is 0 Å². The van der Waals surface area contributed by atoms with Crippen LogP contribution in [0.25, 0.3) is 0 Å². The van der Waals surface area contributed by atoms with Gasteiger partial charge in [-0.05, 0) is 20.8 Å². The number of hydrogen-bond donors (Lipinski definition) is 0. The Hall–Kier alpha value is -0.160. The van der Waals surface area contributed by atoms with Gasteiger partial charge in [-0.1, -0.05) is 0 Å².